The zero-order valence-electron chi connectivity index (χ0n) is 27.2. The number of benzene rings is 2. The second kappa shape index (κ2) is 14.8. The number of likely N-dealkylation sites (tertiary alicyclic amines) is 1. The highest BCUT2D eigenvalue weighted by molar-refractivity contribution is 6.31. The average molecular weight is 652 g/mol. The van der Waals surface area contributed by atoms with E-state index in [2.05, 4.69) is 46.3 Å². The molecular weight excluding hydrogens is 608 g/mol. The van der Waals surface area contributed by atoms with E-state index in [-0.39, 0.29) is 19.5 Å². The number of anilines is 1. The predicted molar refractivity (Wildman–Crippen MR) is 179 cm³/mol. The molecule has 0 aliphatic carbocycles. The molecule has 1 unspecified atom stereocenters. The first-order valence-corrected chi connectivity index (χ1v) is 16.7. The first-order chi connectivity index (χ1) is 22.1. The standard InChI is InChI=1S/C35H44ClF2N7O/c1-5-7-18-42(19-8-6-2)30-15-13-27(14-16-30)32-23-44(41-39-32)22-29-17-20-43(24-35(29,37)38)34(46)33-25(3)40-45(26(33)4)21-28-11-9-10-12-31(28)36/h9-16,23,29H,5-8,17-22,24H2,1-4H3. The van der Waals surface area contributed by atoms with E-state index >= 15 is 8.78 Å². The van der Waals surface area contributed by atoms with Crippen molar-refractivity contribution in [3.05, 3.63) is 82.3 Å². The van der Waals surface area contributed by atoms with Crippen molar-refractivity contribution in [2.45, 2.75) is 78.8 Å². The van der Waals surface area contributed by atoms with Gasteiger partial charge in [-0.3, -0.25) is 14.2 Å². The van der Waals surface area contributed by atoms with Crippen LogP contribution in [0.2, 0.25) is 5.02 Å². The lowest BCUT2D eigenvalue weighted by Gasteiger charge is -2.38. The van der Waals surface area contributed by atoms with Gasteiger partial charge in [-0.05, 0) is 56.9 Å². The first-order valence-electron chi connectivity index (χ1n) is 16.3. The number of aryl methyl sites for hydroxylation is 1. The Morgan fingerprint density at radius 2 is 1.74 bits per heavy atom. The van der Waals surface area contributed by atoms with Crippen molar-refractivity contribution in [1.82, 2.24) is 29.7 Å². The molecule has 2 aromatic carbocycles. The summed E-state index contributed by atoms with van der Waals surface area (Å²) in [6.07, 6.45) is 6.47. The number of piperidine rings is 1. The van der Waals surface area contributed by atoms with Gasteiger partial charge < -0.3 is 9.80 Å². The molecule has 2 aromatic heterocycles. The zero-order valence-corrected chi connectivity index (χ0v) is 28.0. The molecule has 0 N–H and O–H groups in total. The van der Waals surface area contributed by atoms with Gasteiger partial charge in [0.25, 0.3) is 11.8 Å². The van der Waals surface area contributed by atoms with E-state index in [1.165, 1.54) is 15.3 Å². The number of nitrogens with zero attached hydrogens (tertiary/aromatic N) is 7. The van der Waals surface area contributed by atoms with Crippen LogP contribution in [0, 0.1) is 19.8 Å². The molecule has 46 heavy (non-hydrogen) atoms. The third kappa shape index (κ3) is 7.60. The van der Waals surface area contributed by atoms with Gasteiger partial charge in [0.15, 0.2) is 0 Å². The molecule has 0 radical (unpaired) electrons. The van der Waals surface area contributed by atoms with E-state index in [0.717, 1.165) is 49.9 Å². The molecule has 1 atom stereocenters. The highest BCUT2D eigenvalue weighted by Gasteiger charge is 2.46. The van der Waals surface area contributed by atoms with E-state index in [9.17, 15) is 4.79 Å². The maximum absolute atomic E-state index is 15.6. The van der Waals surface area contributed by atoms with Crippen LogP contribution in [0.25, 0.3) is 11.3 Å². The molecular formula is C35H44ClF2N7O. The number of carbonyl (C=O) groups is 1. The van der Waals surface area contributed by atoms with Gasteiger partial charge in [-0.15, -0.1) is 5.10 Å². The maximum atomic E-state index is 15.6. The second-order valence-electron chi connectivity index (χ2n) is 12.3. The predicted octanol–water partition coefficient (Wildman–Crippen LogP) is 7.66. The van der Waals surface area contributed by atoms with Gasteiger partial charge in [0, 0.05) is 47.5 Å². The quantitative estimate of drug-likeness (QED) is 0.148. The van der Waals surface area contributed by atoms with Gasteiger partial charge in [0.2, 0.25) is 0 Å². The van der Waals surface area contributed by atoms with Crippen molar-refractivity contribution in [2.75, 3.05) is 31.1 Å². The Bertz CT molecular complexity index is 1610. The van der Waals surface area contributed by atoms with E-state index in [0.29, 0.717) is 34.2 Å². The fourth-order valence-corrected chi connectivity index (χ4v) is 6.34. The van der Waals surface area contributed by atoms with Crippen molar-refractivity contribution in [2.24, 2.45) is 5.92 Å². The average Bonchev–Trinajstić information content (AvgIpc) is 3.62. The van der Waals surface area contributed by atoms with Crippen LogP contribution in [0.5, 0.6) is 0 Å². The monoisotopic (exact) mass is 651 g/mol. The van der Waals surface area contributed by atoms with Crippen LogP contribution in [0.1, 0.15) is 73.3 Å². The Kier molecular flexibility index (Phi) is 10.8. The molecule has 0 bridgehead atoms. The normalized spacial score (nSPS) is 16.2. The smallest absolute Gasteiger partial charge is 0.269 e. The molecule has 1 aliphatic rings. The van der Waals surface area contributed by atoms with Crippen LogP contribution in [-0.2, 0) is 13.1 Å². The van der Waals surface area contributed by atoms with Gasteiger partial charge in [-0.2, -0.15) is 5.10 Å². The molecule has 0 saturated carbocycles. The summed E-state index contributed by atoms with van der Waals surface area (Å²) in [4.78, 5) is 17.2. The molecule has 11 heteroatoms. The van der Waals surface area contributed by atoms with Crippen LogP contribution >= 0.6 is 11.6 Å². The minimum atomic E-state index is -3.09. The van der Waals surface area contributed by atoms with Crippen molar-refractivity contribution in [3.8, 4) is 11.3 Å². The molecule has 1 amide bonds. The number of hydrogen-bond donors (Lipinski definition) is 0. The van der Waals surface area contributed by atoms with Gasteiger partial charge in [0.1, 0.15) is 5.69 Å². The summed E-state index contributed by atoms with van der Waals surface area (Å²) in [6.45, 7) is 9.96. The van der Waals surface area contributed by atoms with E-state index in [1.54, 1.807) is 30.8 Å². The number of amides is 1. The molecule has 1 aliphatic heterocycles. The number of alkyl halides is 2. The summed E-state index contributed by atoms with van der Waals surface area (Å²) in [6, 6.07) is 15.7. The molecule has 5 rings (SSSR count). The summed E-state index contributed by atoms with van der Waals surface area (Å²) in [5.41, 5.74) is 5.10. The fraction of sp³-hybridized carbons (Fsp3) is 0.486. The van der Waals surface area contributed by atoms with Gasteiger partial charge >= 0.3 is 0 Å². The van der Waals surface area contributed by atoms with Crippen LogP contribution in [0.15, 0.2) is 54.7 Å². The van der Waals surface area contributed by atoms with E-state index in [4.69, 9.17) is 11.6 Å². The van der Waals surface area contributed by atoms with Crippen LogP contribution < -0.4 is 4.90 Å². The summed E-state index contributed by atoms with van der Waals surface area (Å²) in [5.74, 6) is -4.48. The van der Waals surface area contributed by atoms with Crippen molar-refractivity contribution in [1.29, 1.82) is 0 Å². The summed E-state index contributed by atoms with van der Waals surface area (Å²) >= 11 is 6.33. The number of carbonyl (C=O) groups excluding carboxylic acids is 1. The van der Waals surface area contributed by atoms with Crippen LogP contribution in [-0.4, -0.2) is 67.7 Å². The molecule has 4 aromatic rings. The molecule has 1 saturated heterocycles. The maximum Gasteiger partial charge on any atom is 0.269 e. The Hall–Kier alpha value is -3.79. The number of rotatable bonds is 13. The Balaban J connectivity index is 1.22. The van der Waals surface area contributed by atoms with Crippen molar-refractivity contribution >= 4 is 23.2 Å². The lowest BCUT2D eigenvalue weighted by molar-refractivity contribution is -0.108. The Labute approximate surface area is 275 Å². The van der Waals surface area contributed by atoms with Crippen LogP contribution in [0.4, 0.5) is 14.5 Å². The number of aromatic nitrogens is 5. The third-order valence-corrected chi connectivity index (χ3v) is 9.31. The lowest BCUT2D eigenvalue weighted by Crippen LogP contribution is -2.52. The number of hydrogen-bond acceptors (Lipinski definition) is 5. The zero-order chi connectivity index (χ0) is 32.8. The van der Waals surface area contributed by atoms with Crippen molar-refractivity contribution < 1.29 is 13.6 Å². The van der Waals surface area contributed by atoms with Crippen molar-refractivity contribution in [3.63, 3.8) is 0 Å². The molecule has 3 heterocycles. The minimum absolute atomic E-state index is 0.0236. The molecule has 8 nitrogen and oxygen atoms in total. The molecule has 246 valence electrons. The summed E-state index contributed by atoms with van der Waals surface area (Å²) in [7, 11) is 0. The van der Waals surface area contributed by atoms with Crippen LogP contribution in [0.3, 0.4) is 0 Å². The molecule has 1 fully saturated rings. The lowest BCUT2D eigenvalue weighted by atomic mass is 9.92. The van der Waals surface area contributed by atoms with Gasteiger partial charge in [-0.25, -0.2) is 8.78 Å². The Morgan fingerprint density at radius 3 is 2.39 bits per heavy atom. The van der Waals surface area contributed by atoms with Gasteiger partial charge in [0.05, 0.1) is 37.1 Å². The third-order valence-electron chi connectivity index (χ3n) is 8.94. The largest absolute Gasteiger partial charge is 0.372 e. The topological polar surface area (TPSA) is 72.1 Å². The first kappa shape index (κ1) is 33.6. The van der Waals surface area contributed by atoms with E-state index in [1.807, 2.05) is 30.3 Å². The Morgan fingerprint density at radius 1 is 1.04 bits per heavy atom. The minimum Gasteiger partial charge on any atom is -0.372 e. The number of halogens is 3. The second-order valence-corrected chi connectivity index (χ2v) is 12.7. The SMILES string of the molecule is CCCCN(CCCC)c1ccc(-c2cn(CC3CCN(C(=O)c4c(C)nn(Cc5ccccc5Cl)c4C)CC3(F)F)nn2)cc1. The number of unbranched alkanes of at least 4 members (excludes halogenated alkanes) is 2. The van der Waals surface area contributed by atoms with Gasteiger partial charge in [-0.1, -0.05) is 73.8 Å². The highest BCUT2D eigenvalue weighted by Crippen LogP contribution is 2.35. The highest BCUT2D eigenvalue weighted by atomic mass is 35.5. The summed E-state index contributed by atoms with van der Waals surface area (Å²) < 4.78 is 34.3. The van der Waals surface area contributed by atoms with E-state index < -0.39 is 24.3 Å². The molecule has 0 spiro atoms. The summed E-state index contributed by atoms with van der Waals surface area (Å²) in [5, 5.41) is 13.6. The fourth-order valence-electron chi connectivity index (χ4n) is 6.15.